The maximum atomic E-state index is 12.5. The molecule has 1 aromatic heterocycles. The van der Waals surface area contributed by atoms with Gasteiger partial charge in [0.15, 0.2) is 17.3 Å². The number of fused-ring (bicyclic) bond motifs is 1. The van der Waals surface area contributed by atoms with Gasteiger partial charge in [-0.25, -0.2) is 4.68 Å². The van der Waals surface area contributed by atoms with Crippen LogP contribution < -0.4 is 9.47 Å². The summed E-state index contributed by atoms with van der Waals surface area (Å²) in [5, 5.41) is 4.78. The number of hydrogen-bond donors (Lipinski definition) is 0. The highest BCUT2D eigenvalue weighted by molar-refractivity contribution is 6.07. The number of aromatic nitrogens is 2. The summed E-state index contributed by atoms with van der Waals surface area (Å²) in [7, 11) is 0. The van der Waals surface area contributed by atoms with Crippen LogP contribution in [0.15, 0.2) is 91.1 Å². The summed E-state index contributed by atoms with van der Waals surface area (Å²) in [4.78, 5) is 12.5. The zero-order valence-electron chi connectivity index (χ0n) is 16.1. The summed E-state index contributed by atoms with van der Waals surface area (Å²) in [6, 6.07) is 24.8. The van der Waals surface area contributed by atoms with Gasteiger partial charge in [-0.1, -0.05) is 48.5 Å². The van der Waals surface area contributed by atoms with Crippen LogP contribution in [0.3, 0.4) is 0 Å². The van der Waals surface area contributed by atoms with Gasteiger partial charge in [0, 0.05) is 22.9 Å². The maximum absolute atomic E-state index is 12.5. The SMILES string of the molecule is O=C(/C=C/c1cn(-c2ccccc2)nc1-c1ccc2c(c1)OCO2)c1ccccc1. The highest BCUT2D eigenvalue weighted by Gasteiger charge is 2.17. The van der Waals surface area contributed by atoms with Crippen LogP contribution >= 0.6 is 0 Å². The molecule has 0 spiro atoms. The first-order valence-electron chi connectivity index (χ1n) is 9.60. The standard InChI is InChI=1S/C25H18N2O3/c28-22(18-7-3-1-4-8-18)13-11-20-16-27(21-9-5-2-6-10-21)26-25(20)19-12-14-23-24(15-19)30-17-29-23/h1-16H,17H2/b13-11+. The Balaban J connectivity index is 1.56. The molecule has 30 heavy (non-hydrogen) atoms. The number of rotatable bonds is 5. The monoisotopic (exact) mass is 394 g/mol. The van der Waals surface area contributed by atoms with E-state index in [4.69, 9.17) is 14.6 Å². The van der Waals surface area contributed by atoms with E-state index >= 15 is 0 Å². The van der Waals surface area contributed by atoms with E-state index in [2.05, 4.69) is 0 Å². The summed E-state index contributed by atoms with van der Waals surface area (Å²) in [6.45, 7) is 0.218. The fraction of sp³-hybridized carbons (Fsp3) is 0.0400. The second-order valence-corrected chi connectivity index (χ2v) is 6.84. The van der Waals surface area contributed by atoms with E-state index in [1.165, 1.54) is 0 Å². The van der Waals surface area contributed by atoms with Crippen molar-refractivity contribution < 1.29 is 14.3 Å². The van der Waals surface area contributed by atoms with Gasteiger partial charge in [0.05, 0.1) is 5.69 Å². The van der Waals surface area contributed by atoms with Crippen molar-refractivity contribution in [2.45, 2.75) is 0 Å². The quantitative estimate of drug-likeness (QED) is 0.346. The topological polar surface area (TPSA) is 53.4 Å². The predicted molar refractivity (Wildman–Crippen MR) is 115 cm³/mol. The van der Waals surface area contributed by atoms with Gasteiger partial charge >= 0.3 is 0 Å². The number of benzene rings is 3. The molecule has 0 atom stereocenters. The van der Waals surface area contributed by atoms with E-state index in [9.17, 15) is 4.79 Å². The molecule has 146 valence electrons. The minimum atomic E-state index is -0.0558. The molecule has 0 amide bonds. The first-order chi connectivity index (χ1) is 14.8. The first-order valence-corrected chi connectivity index (χ1v) is 9.60. The van der Waals surface area contributed by atoms with Gasteiger partial charge in [-0.2, -0.15) is 5.10 Å². The molecule has 4 aromatic rings. The van der Waals surface area contributed by atoms with Crippen LogP contribution in [0.2, 0.25) is 0 Å². The Bertz CT molecular complexity index is 1230. The van der Waals surface area contributed by atoms with Gasteiger partial charge in [-0.05, 0) is 42.5 Å². The number of ether oxygens (including phenoxy) is 2. The molecular weight excluding hydrogens is 376 g/mol. The number of para-hydroxylation sites is 1. The minimum Gasteiger partial charge on any atom is -0.454 e. The number of carbonyl (C=O) groups is 1. The number of ketones is 1. The third kappa shape index (κ3) is 3.49. The first kappa shape index (κ1) is 17.9. The van der Waals surface area contributed by atoms with Crippen molar-refractivity contribution in [3.8, 4) is 28.4 Å². The highest BCUT2D eigenvalue weighted by atomic mass is 16.7. The van der Waals surface area contributed by atoms with Crippen LogP contribution in [0.4, 0.5) is 0 Å². The van der Waals surface area contributed by atoms with Crippen molar-refractivity contribution in [1.82, 2.24) is 9.78 Å². The molecule has 5 heteroatoms. The molecule has 0 fully saturated rings. The normalized spacial score (nSPS) is 12.4. The largest absolute Gasteiger partial charge is 0.454 e. The molecule has 1 aliphatic rings. The molecule has 1 aliphatic heterocycles. The van der Waals surface area contributed by atoms with Crippen LogP contribution in [-0.4, -0.2) is 22.4 Å². The maximum Gasteiger partial charge on any atom is 0.231 e. The number of nitrogens with zero attached hydrogens (tertiary/aromatic N) is 2. The summed E-state index contributed by atoms with van der Waals surface area (Å²) in [5.74, 6) is 1.36. The summed E-state index contributed by atoms with van der Waals surface area (Å²) in [6.07, 6.45) is 5.31. The van der Waals surface area contributed by atoms with E-state index in [1.54, 1.807) is 18.2 Å². The lowest BCUT2D eigenvalue weighted by molar-refractivity contribution is 0.104. The van der Waals surface area contributed by atoms with Gasteiger partial charge in [0.1, 0.15) is 5.69 Å². The van der Waals surface area contributed by atoms with E-state index < -0.39 is 0 Å². The van der Waals surface area contributed by atoms with Crippen LogP contribution in [-0.2, 0) is 0 Å². The second kappa shape index (κ2) is 7.72. The highest BCUT2D eigenvalue weighted by Crippen LogP contribution is 2.36. The molecule has 2 heterocycles. The molecule has 0 bridgehead atoms. The van der Waals surface area contributed by atoms with Gasteiger partial charge in [-0.3, -0.25) is 4.79 Å². The third-order valence-corrected chi connectivity index (χ3v) is 4.88. The van der Waals surface area contributed by atoms with E-state index in [1.807, 2.05) is 83.7 Å². The molecule has 0 unspecified atom stereocenters. The fourth-order valence-corrected chi connectivity index (χ4v) is 3.35. The molecule has 0 aliphatic carbocycles. The Morgan fingerprint density at radius 1 is 0.900 bits per heavy atom. The summed E-state index contributed by atoms with van der Waals surface area (Å²) < 4.78 is 12.7. The van der Waals surface area contributed by atoms with E-state index in [-0.39, 0.29) is 12.6 Å². The fourth-order valence-electron chi connectivity index (χ4n) is 3.35. The Morgan fingerprint density at radius 2 is 1.63 bits per heavy atom. The van der Waals surface area contributed by atoms with Crippen molar-refractivity contribution in [2.24, 2.45) is 0 Å². The smallest absolute Gasteiger partial charge is 0.231 e. The second-order valence-electron chi connectivity index (χ2n) is 6.84. The van der Waals surface area contributed by atoms with Gasteiger partial charge < -0.3 is 9.47 Å². The lowest BCUT2D eigenvalue weighted by atomic mass is 10.1. The Kier molecular flexibility index (Phi) is 4.62. The van der Waals surface area contributed by atoms with E-state index in [0.717, 1.165) is 28.3 Å². The van der Waals surface area contributed by atoms with Crippen molar-refractivity contribution in [1.29, 1.82) is 0 Å². The van der Waals surface area contributed by atoms with Gasteiger partial charge in [-0.15, -0.1) is 0 Å². The minimum absolute atomic E-state index is 0.0558. The third-order valence-electron chi connectivity index (χ3n) is 4.88. The molecule has 0 radical (unpaired) electrons. The average molecular weight is 394 g/mol. The van der Waals surface area contributed by atoms with Crippen LogP contribution in [0, 0.1) is 0 Å². The molecule has 0 saturated carbocycles. The van der Waals surface area contributed by atoms with Crippen LogP contribution in [0.1, 0.15) is 15.9 Å². The molecular formula is C25H18N2O3. The molecule has 5 nitrogen and oxygen atoms in total. The molecule has 0 N–H and O–H groups in total. The zero-order valence-corrected chi connectivity index (χ0v) is 16.1. The number of hydrogen-bond acceptors (Lipinski definition) is 4. The molecule has 5 rings (SSSR count). The predicted octanol–water partition coefficient (Wildman–Crippen LogP) is 5.16. The van der Waals surface area contributed by atoms with Gasteiger partial charge in [0.2, 0.25) is 6.79 Å². The van der Waals surface area contributed by atoms with Crippen molar-refractivity contribution in [3.05, 3.63) is 102 Å². The average Bonchev–Trinajstić information content (AvgIpc) is 3.45. The van der Waals surface area contributed by atoms with E-state index in [0.29, 0.717) is 11.3 Å². The lowest BCUT2D eigenvalue weighted by Gasteiger charge is -2.02. The number of carbonyl (C=O) groups excluding carboxylic acids is 1. The summed E-state index contributed by atoms with van der Waals surface area (Å²) >= 11 is 0. The van der Waals surface area contributed by atoms with Crippen LogP contribution in [0.5, 0.6) is 11.5 Å². The summed E-state index contributed by atoms with van der Waals surface area (Å²) in [5.41, 5.74) is 4.07. The number of allylic oxidation sites excluding steroid dienone is 1. The van der Waals surface area contributed by atoms with Crippen molar-refractivity contribution in [2.75, 3.05) is 6.79 Å². The zero-order chi connectivity index (χ0) is 20.3. The van der Waals surface area contributed by atoms with Crippen LogP contribution in [0.25, 0.3) is 23.0 Å². The van der Waals surface area contributed by atoms with Crippen molar-refractivity contribution >= 4 is 11.9 Å². The molecule has 3 aromatic carbocycles. The Hall–Kier alpha value is -4.12. The molecule has 0 saturated heterocycles. The Morgan fingerprint density at radius 3 is 2.43 bits per heavy atom. The lowest BCUT2D eigenvalue weighted by Crippen LogP contribution is -1.94. The Labute approximate surface area is 173 Å². The van der Waals surface area contributed by atoms with Crippen molar-refractivity contribution in [3.63, 3.8) is 0 Å². The van der Waals surface area contributed by atoms with Gasteiger partial charge in [0.25, 0.3) is 0 Å².